The number of carbonyl (C=O) groups is 1. The van der Waals surface area contributed by atoms with Gasteiger partial charge in [0.05, 0.1) is 23.4 Å². The van der Waals surface area contributed by atoms with E-state index >= 15 is 0 Å². The fourth-order valence-corrected chi connectivity index (χ4v) is 3.64. The standard InChI is InChI=1S/C28H30N4O2/c1-4-5-15-34-26-14-12-21(17-30-26)20-11-13-25-23(16-20)27(32-22-9-7-6-8-10-22)24(18-29-25)28(33)31-19(2)3/h6-14,16-19H,4-5,15H2,1-3H3,(H,29,32)(H,31,33). The Bertz CT molecular complexity index is 1250. The van der Waals surface area contributed by atoms with E-state index in [0.717, 1.165) is 46.2 Å². The molecular formula is C28H30N4O2. The van der Waals surface area contributed by atoms with E-state index in [1.165, 1.54) is 0 Å². The zero-order valence-electron chi connectivity index (χ0n) is 19.8. The van der Waals surface area contributed by atoms with Gasteiger partial charge in [0.15, 0.2) is 0 Å². The number of nitrogens with zero attached hydrogens (tertiary/aromatic N) is 2. The quantitative estimate of drug-likeness (QED) is 0.288. The normalized spacial score (nSPS) is 10.9. The van der Waals surface area contributed by atoms with E-state index in [4.69, 9.17) is 4.74 Å². The fraction of sp³-hybridized carbons (Fsp3) is 0.250. The highest BCUT2D eigenvalue weighted by Gasteiger charge is 2.17. The summed E-state index contributed by atoms with van der Waals surface area (Å²) < 4.78 is 5.69. The summed E-state index contributed by atoms with van der Waals surface area (Å²) in [5.74, 6) is 0.460. The van der Waals surface area contributed by atoms with Crippen LogP contribution in [0.25, 0.3) is 22.0 Å². The molecule has 1 amide bonds. The van der Waals surface area contributed by atoms with E-state index in [0.29, 0.717) is 18.1 Å². The number of ether oxygens (including phenoxy) is 1. The number of para-hydroxylation sites is 1. The van der Waals surface area contributed by atoms with Crippen LogP contribution in [0.1, 0.15) is 44.0 Å². The molecule has 0 fully saturated rings. The van der Waals surface area contributed by atoms with Gasteiger partial charge in [-0.15, -0.1) is 0 Å². The number of unbranched alkanes of at least 4 members (excludes halogenated alkanes) is 1. The van der Waals surface area contributed by atoms with Crippen LogP contribution in [0.4, 0.5) is 11.4 Å². The van der Waals surface area contributed by atoms with Gasteiger partial charge in [-0.05, 0) is 56.2 Å². The molecule has 0 aliphatic rings. The maximum Gasteiger partial charge on any atom is 0.255 e. The molecule has 0 aliphatic carbocycles. The molecule has 6 nitrogen and oxygen atoms in total. The zero-order valence-corrected chi connectivity index (χ0v) is 19.8. The van der Waals surface area contributed by atoms with Crippen molar-refractivity contribution in [3.05, 3.63) is 78.6 Å². The second kappa shape index (κ2) is 10.8. The third kappa shape index (κ3) is 5.52. The summed E-state index contributed by atoms with van der Waals surface area (Å²) in [5, 5.41) is 7.29. The summed E-state index contributed by atoms with van der Waals surface area (Å²) in [7, 11) is 0. The first kappa shape index (κ1) is 23.2. The lowest BCUT2D eigenvalue weighted by molar-refractivity contribution is 0.0944. The molecule has 0 aliphatic heterocycles. The number of pyridine rings is 2. The third-order valence-corrected chi connectivity index (χ3v) is 5.39. The van der Waals surface area contributed by atoms with Crippen molar-refractivity contribution in [3.8, 4) is 17.0 Å². The number of rotatable bonds is 9. The van der Waals surface area contributed by atoms with Crippen LogP contribution in [0.15, 0.2) is 73.1 Å². The first-order valence-corrected chi connectivity index (χ1v) is 11.7. The summed E-state index contributed by atoms with van der Waals surface area (Å²) in [6.07, 6.45) is 5.54. The second-order valence-corrected chi connectivity index (χ2v) is 8.49. The van der Waals surface area contributed by atoms with Gasteiger partial charge in [-0.25, -0.2) is 4.98 Å². The number of anilines is 2. The van der Waals surface area contributed by atoms with Crippen LogP contribution >= 0.6 is 0 Å². The van der Waals surface area contributed by atoms with Gasteiger partial charge in [-0.3, -0.25) is 9.78 Å². The van der Waals surface area contributed by atoms with E-state index in [-0.39, 0.29) is 11.9 Å². The highest BCUT2D eigenvalue weighted by molar-refractivity contribution is 6.08. The van der Waals surface area contributed by atoms with Crippen molar-refractivity contribution in [2.24, 2.45) is 0 Å². The minimum Gasteiger partial charge on any atom is -0.478 e. The lowest BCUT2D eigenvalue weighted by Gasteiger charge is -2.17. The Kier molecular flexibility index (Phi) is 7.38. The summed E-state index contributed by atoms with van der Waals surface area (Å²) in [6.45, 7) is 6.68. The van der Waals surface area contributed by atoms with Gasteiger partial charge in [0.25, 0.3) is 5.91 Å². The van der Waals surface area contributed by atoms with Gasteiger partial charge in [0.1, 0.15) is 0 Å². The Morgan fingerprint density at radius 1 is 0.971 bits per heavy atom. The Labute approximate surface area is 200 Å². The zero-order chi connectivity index (χ0) is 23.9. The van der Waals surface area contributed by atoms with Crippen LogP contribution in [0.2, 0.25) is 0 Å². The fourth-order valence-electron chi connectivity index (χ4n) is 3.64. The molecule has 0 spiro atoms. The predicted molar refractivity (Wildman–Crippen MR) is 138 cm³/mol. The van der Waals surface area contributed by atoms with E-state index < -0.39 is 0 Å². The van der Waals surface area contributed by atoms with Crippen molar-refractivity contribution in [1.29, 1.82) is 0 Å². The maximum absolute atomic E-state index is 13.0. The van der Waals surface area contributed by atoms with Crippen molar-refractivity contribution < 1.29 is 9.53 Å². The lowest BCUT2D eigenvalue weighted by atomic mass is 10.0. The van der Waals surface area contributed by atoms with Crippen molar-refractivity contribution in [3.63, 3.8) is 0 Å². The first-order chi connectivity index (χ1) is 16.5. The summed E-state index contributed by atoms with van der Waals surface area (Å²) in [6, 6.07) is 19.8. The first-order valence-electron chi connectivity index (χ1n) is 11.7. The largest absolute Gasteiger partial charge is 0.478 e. The highest BCUT2D eigenvalue weighted by Crippen LogP contribution is 2.33. The Morgan fingerprint density at radius 3 is 2.47 bits per heavy atom. The van der Waals surface area contributed by atoms with Gasteiger partial charge in [0, 0.05) is 41.1 Å². The molecule has 2 N–H and O–H groups in total. The number of aromatic nitrogens is 2. The molecule has 4 rings (SSSR count). The molecule has 2 heterocycles. The average molecular weight is 455 g/mol. The van der Waals surface area contributed by atoms with Crippen LogP contribution in [0.3, 0.4) is 0 Å². The van der Waals surface area contributed by atoms with Crippen molar-refractivity contribution in [2.45, 2.75) is 39.7 Å². The van der Waals surface area contributed by atoms with E-state index in [1.807, 2.05) is 80.7 Å². The number of fused-ring (bicyclic) bond motifs is 1. The topological polar surface area (TPSA) is 76.1 Å². The average Bonchev–Trinajstić information content (AvgIpc) is 2.85. The minimum atomic E-state index is -0.163. The molecular weight excluding hydrogens is 424 g/mol. The molecule has 34 heavy (non-hydrogen) atoms. The molecule has 0 radical (unpaired) electrons. The number of hydrogen-bond acceptors (Lipinski definition) is 5. The van der Waals surface area contributed by atoms with Gasteiger partial charge in [-0.2, -0.15) is 0 Å². The number of benzene rings is 2. The van der Waals surface area contributed by atoms with Gasteiger partial charge >= 0.3 is 0 Å². The smallest absolute Gasteiger partial charge is 0.255 e. The number of carbonyl (C=O) groups excluding carboxylic acids is 1. The van der Waals surface area contributed by atoms with Crippen molar-refractivity contribution in [2.75, 3.05) is 11.9 Å². The molecule has 0 saturated carbocycles. The molecule has 2 aromatic heterocycles. The van der Waals surface area contributed by atoms with Gasteiger partial charge in [-0.1, -0.05) is 37.6 Å². The van der Waals surface area contributed by atoms with Crippen molar-refractivity contribution >= 4 is 28.2 Å². The Morgan fingerprint density at radius 2 is 1.76 bits per heavy atom. The number of nitrogens with one attached hydrogen (secondary N) is 2. The molecule has 0 saturated heterocycles. The maximum atomic E-state index is 13.0. The van der Waals surface area contributed by atoms with Crippen LogP contribution in [0, 0.1) is 0 Å². The van der Waals surface area contributed by atoms with Gasteiger partial charge in [0.2, 0.25) is 5.88 Å². The van der Waals surface area contributed by atoms with Crippen LogP contribution in [-0.4, -0.2) is 28.5 Å². The van der Waals surface area contributed by atoms with E-state index in [9.17, 15) is 4.79 Å². The van der Waals surface area contributed by atoms with Crippen LogP contribution in [-0.2, 0) is 0 Å². The van der Waals surface area contributed by atoms with Gasteiger partial charge < -0.3 is 15.4 Å². The third-order valence-electron chi connectivity index (χ3n) is 5.39. The lowest BCUT2D eigenvalue weighted by Crippen LogP contribution is -2.30. The summed E-state index contributed by atoms with van der Waals surface area (Å²) in [4.78, 5) is 22.0. The number of hydrogen-bond donors (Lipinski definition) is 2. The summed E-state index contributed by atoms with van der Waals surface area (Å²) >= 11 is 0. The monoisotopic (exact) mass is 454 g/mol. The van der Waals surface area contributed by atoms with Crippen LogP contribution < -0.4 is 15.4 Å². The Hall–Kier alpha value is -3.93. The van der Waals surface area contributed by atoms with Crippen LogP contribution in [0.5, 0.6) is 5.88 Å². The predicted octanol–water partition coefficient (Wildman–Crippen LogP) is 6.36. The minimum absolute atomic E-state index is 0.0169. The highest BCUT2D eigenvalue weighted by atomic mass is 16.5. The van der Waals surface area contributed by atoms with E-state index in [2.05, 4.69) is 27.5 Å². The molecule has 0 atom stereocenters. The second-order valence-electron chi connectivity index (χ2n) is 8.49. The molecule has 174 valence electrons. The Balaban J connectivity index is 1.75. The number of amides is 1. The van der Waals surface area contributed by atoms with Crippen molar-refractivity contribution in [1.82, 2.24) is 15.3 Å². The molecule has 2 aromatic carbocycles. The summed E-state index contributed by atoms with van der Waals surface area (Å²) in [5.41, 5.74) is 4.88. The SMILES string of the molecule is CCCCOc1ccc(-c2ccc3ncc(C(=O)NC(C)C)c(Nc4ccccc4)c3c2)cn1. The molecule has 0 unspecified atom stereocenters. The molecule has 4 aromatic rings. The van der Waals surface area contributed by atoms with E-state index in [1.54, 1.807) is 6.20 Å². The molecule has 0 bridgehead atoms. The molecule has 6 heteroatoms.